The molecule has 0 spiro atoms. The van der Waals surface area contributed by atoms with Gasteiger partial charge >= 0.3 is 0 Å². The van der Waals surface area contributed by atoms with Crippen molar-refractivity contribution >= 4 is 6.29 Å². The number of benzene rings is 1. The highest BCUT2D eigenvalue weighted by molar-refractivity contribution is 5.74. The number of hydrogen-bond donors (Lipinski definition) is 0. The van der Waals surface area contributed by atoms with Crippen LogP contribution in [0.25, 0.3) is 5.69 Å². The first-order chi connectivity index (χ1) is 7.24. The van der Waals surface area contributed by atoms with E-state index < -0.39 is 11.6 Å². The van der Waals surface area contributed by atoms with Crippen LogP contribution in [0, 0.1) is 11.6 Å². The molecule has 2 nitrogen and oxygen atoms in total. The van der Waals surface area contributed by atoms with Crippen molar-refractivity contribution in [3.05, 3.63) is 53.9 Å². The summed E-state index contributed by atoms with van der Waals surface area (Å²) in [5.41, 5.74) is 0.237. The Hall–Kier alpha value is -1.97. The summed E-state index contributed by atoms with van der Waals surface area (Å²) in [5.74, 6) is -2.14. The molecule has 0 saturated carbocycles. The Kier molecular flexibility index (Phi) is 2.33. The summed E-state index contributed by atoms with van der Waals surface area (Å²) >= 11 is 0. The third-order valence-electron chi connectivity index (χ3n) is 2.08. The summed E-state index contributed by atoms with van der Waals surface area (Å²) in [4.78, 5) is 10.6. The largest absolute Gasteiger partial charge is 0.309 e. The van der Waals surface area contributed by atoms with E-state index in [9.17, 15) is 13.6 Å². The number of aldehydes is 1. The molecule has 0 aliphatic carbocycles. The number of rotatable bonds is 2. The van der Waals surface area contributed by atoms with Crippen LogP contribution in [0.5, 0.6) is 0 Å². The second-order valence-corrected chi connectivity index (χ2v) is 3.00. The minimum absolute atomic E-state index is 0.297. The van der Waals surface area contributed by atoms with Crippen molar-refractivity contribution in [1.82, 2.24) is 4.57 Å². The number of carbonyl (C=O) groups is 1. The number of nitrogens with zero attached hydrogens (tertiary/aromatic N) is 1. The Labute approximate surface area is 84.8 Å². The average Bonchev–Trinajstić information content (AvgIpc) is 2.56. The monoisotopic (exact) mass is 207 g/mol. The van der Waals surface area contributed by atoms with Crippen LogP contribution in [0.1, 0.15) is 10.5 Å². The second-order valence-electron chi connectivity index (χ2n) is 3.00. The van der Waals surface area contributed by atoms with E-state index in [-0.39, 0.29) is 5.69 Å². The van der Waals surface area contributed by atoms with Gasteiger partial charge in [0.25, 0.3) is 0 Å². The molecule has 0 radical (unpaired) electrons. The van der Waals surface area contributed by atoms with Gasteiger partial charge in [0.05, 0.1) is 0 Å². The fourth-order valence-electron chi connectivity index (χ4n) is 1.38. The van der Waals surface area contributed by atoms with Crippen molar-refractivity contribution < 1.29 is 13.6 Å². The van der Waals surface area contributed by atoms with E-state index in [1.54, 1.807) is 30.3 Å². The molecular formula is C11H7F2NO. The van der Waals surface area contributed by atoms with E-state index in [4.69, 9.17) is 0 Å². The van der Waals surface area contributed by atoms with Crippen LogP contribution in [0.4, 0.5) is 8.78 Å². The molecule has 76 valence electrons. The van der Waals surface area contributed by atoms with Crippen LogP contribution < -0.4 is 0 Å². The lowest BCUT2D eigenvalue weighted by atomic mass is 10.3. The Morgan fingerprint density at radius 3 is 2.40 bits per heavy atom. The second kappa shape index (κ2) is 3.65. The van der Waals surface area contributed by atoms with Crippen LogP contribution in [-0.4, -0.2) is 10.9 Å². The quantitative estimate of drug-likeness (QED) is 0.693. The van der Waals surface area contributed by atoms with Crippen molar-refractivity contribution in [1.29, 1.82) is 0 Å². The van der Waals surface area contributed by atoms with Gasteiger partial charge in [-0.3, -0.25) is 4.79 Å². The van der Waals surface area contributed by atoms with Gasteiger partial charge in [-0.1, -0.05) is 18.2 Å². The zero-order valence-electron chi connectivity index (χ0n) is 7.65. The third-order valence-corrected chi connectivity index (χ3v) is 2.08. The summed E-state index contributed by atoms with van der Waals surface area (Å²) in [6.45, 7) is 0. The standard InChI is InChI=1S/C11H7F2NO/c12-9-6-14(10(7-15)11(9)13)8-4-2-1-3-5-8/h1-7H. The van der Waals surface area contributed by atoms with Gasteiger partial charge in [-0.25, -0.2) is 8.78 Å². The fraction of sp³-hybridized carbons (Fsp3) is 0. The maximum Gasteiger partial charge on any atom is 0.187 e. The summed E-state index contributed by atoms with van der Waals surface area (Å²) in [7, 11) is 0. The van der Waals surface area contributed by atoms with Crippen LogP contribution >= 0.6 is 0 Å². The van der Waals surface area contributed by atoms with Gasteiger partial charge in [-0.15, -0.1) is 0 Å². The Morgan fingerprint density at radius 2 is 1.80 bits per heavy atom. The molecule has 2 rings (SSSR count). The van der Waals surface area contributed by atoms with Gasteiger partial charge in [0, 0.05) is 11.9 Å². The van der Waals surface area contributed by atoms with Crippen LogP contribution in [-0.2, 0) is 0 Å². The number of hydrogen-bond acceptors (Lipinski definition) is 1. The number of para-hydroxylation sites is 1. The van der Waals surface area contributed by atoms with Gasteiger partial charge in [-0.2, -0.15) is 0 Å². The van der Waals surface area contributed by atoms with Gasteiger partial charge < -0.3 is 4.57 Å². The van der Waals surface area contributed by atoms with E-state index in [0.29, 0.717) is 12.0 Å². The topological polar surface area (TPSA) is 22.0 Å². The van der Waals surface area contributed by atoms with E-state index in [1.165, 1.54) is 4.57 Å². The maximum atomic E-state index is 13.1. The zero-order valence-corrected chi connectivity index (χ0v) is 7.65. The lowest BCUT2D eigenvalue weighted by Crippen LogP contribution is -1.98. The molecule has 4 heteroatoms. The highest BCUT2D eigenvalue weighted by Gasteiger charge is 2.15. The summed E-state index contributed by atoms with van der Waals surface area (Å²) < 4.78 is 27.2. The first kappa shape index (κ1) is 9.58. The van der Waals surface area contributed by atoms with Gasteiger partial charge in [0.1, 0.15) is 5.69 Å². The van der Waals surface area contributed by atoms with Crippen LogP contribution in [0.15, 0.2) is 36.5 Å². The molecule has 0 aliphatic rings. The molecular weight excluding hydrogens is 200 g/mol. The molecule has 0 bridgehead atoms. The van der Waals surface area contributed by atoms with E-state index in [0.717, 1.165) is 6.20 Å². The average molecular weight is 207 g/mol. The summed E-state index contributed by atoms with van der Waals surface area (Å²) in [6.07, 6.45) is 1.25. The molecule has 1 aromatic heterocycles. The van der Waals surface area contributed by atoms with Gasteiger partial charge in [0.15, 0.2) is 17.9 Å². The van der Waals surface area contributed by atoms with Crippen LogP contribution in [0.3, 0.4) is 0 Å². The molecule has 0 atom stereocenters. The minimum Gasteiger partial charge on any atom is -0.309 e. The van der Waals surface area contributed by atoms with Gasteiger partial charge in [0.2, 0.25) is 0 Å². The number of aromatic nitrogens is 1. The van der Waals surface area contributed by atoms with E-state index in [2.05, 4.69) is 0 Å². The van der Waals surface area contributed by atoms with Gasteiger partial charge in [-0.05, 0) is 12.1 Å². The van der Waals surface area contributed by atoms with Crippen molar-refractivity contribution in [3.63, 3.8) is 0 Å². The van der Waals surface area contributed by atoms with E-state index >= 15 is 0 Å². The number of halogens is 2. The molecule has 0 N–H and O–H groups in total. The van der Waals surface area contributed by atoms with Crippen LogP contribution in [0.2, 0.25) is 0 Å². The van der Waals surface area contributed by atoms with Crippen molar-refractivity contribution in [2.45, 2.75) is 0 Å². The van der Waals surface area contributed by atoms with Crippen molar-refractivity contribution in [3.8, 4) is 5.69 Å². The summed E-state index contributed by atoms with van der Waals surface area (Å²) in [5, 5.41) is 0. The maximum absolute atomic E-state index is 13.1. The zero-order chi connectivity index (χ0) is 10.8. The molecule has 0 amide bonds. The lowest BCUT2D eigenvalue weighted by Gasteiger charge is -2.03. The Morgan fingerprint density at radius 1 is 1.13 bits per heavy atom. The Bertz CT molecular complexity index is 491. The normalized spacial score (nSPS) is 10.3. The molecule has 0 fully saturated rings. The fourth-order valence-corrected chi connectivity index (χ4v) is 1.38. The Balaban J connectivity index is 2.63. The predicted molar refractivity (Wildman–Crippen MR) is 51.1 cm³/mol. The summed E-state index contributed by atoms with van der Waals surface area (Å²) in [6, 6.07) is 8.54. The van der Waals surface area contributed by atoms with Crippen molar-refractivity contribution in [2.24, 2.45) is 0 Å². The molecule has 1 aromatic carbocycles. The third kappa shape index (κ3) is 1.54. The minimum atomic E-state index is -1.12. The smallest absolute Gasteiger partial charge is 0.187 e. The highest BCUT2D eigenvalue weighted by Crippen LogP contribution is 2.17. The molecule has 15 heavy (non-hydrogen) atoms. The first-order valence-corrected chi connectivity index (χ1v) is 4.31. The lowest BCUT2D eigenvalue weighted by molar-refractivity contribution is 0.111. The predicted octanol–water partition coefficient (Wildman–Crippen LogP) is 2.57. The molecule has 0 saturated heterocycles. The number of carbonyl (C=O) groups excluding carboxylic acids is 1. The molecule has 1 heterocycles. The first-order valence-electron chi connectivity index (χ1n) is 4.31. The van der Waals surface area contributed by atoms with E-state index in [1.807, 2.05) is 0 Å². The molecule has 0 aliphatic heterocycles. The SMILES string of the molecule is O=Cc1c(F)c(F)cn1-c1ccccc1. The molecule has 0 unspecified atom stereocenters. The molecule has 2 aromatic rings. The highest BCUT2D eigenvalue weighted by atomic mass is 19.2. The van der Waals surface area contributed by atoms with Crippen molar-refractivity contribution in [2.75, 3.05) is 0 Å².